The van der Waals surface area contributed by atoms with E-state index in [0.29, 0.717) is 5.82 Å². The average Bonchev–Trinajstić information content (AvgIpc) is 3.06. The van der Waals surface area contributed by atoms with Crippen LogP contribution in [0.1, 0.15) is 12.1 Å². The summed E-state index contributed by atoms with van der Waals surface area (Å²) in [7, 11) is 1.82. The van der Waals surface area contributed by atoms with E-state index in [-0.39, 0.29) is 11.9 Å². The number of carbonyl (C=O) groups is 1. The van der Waals surface area contributed by atoms with Gasteiger partial charge in [0.25, 0.3) is 0 Å². The summed E-state index contributed by atoms with van der Waals surface area (Å²) in [5, 5.41) is 6.91. The van der Waals surface area contributed by atoms with Crippen molar-refractivity contribution in [3.8, 4) is 10.6 Å². The number of nitrogens with zero attached hydrogens (tertiary/aromatic N) is 3. The molecule has 2 aromatic rings. The van der Waals surface area contributed by atoms with Crippen LogP contribution >= 0.6 is 22.9 Å². The number of aryl methyl sites for hydroxylation is 1. The Morgan fingerprint density at radius 1 is 1.55 bits per heavy atom. The molecule has 3 heterocycles. The number of rotatable bonds is 3. The van der Waals surface area contributed by atoms with Crippen LogP contribution < -0.4 is 11.1 Å². The van der Waals surface area contributed by atoms with Crippen molar-refractivity contribution >= 4 is 39.6 Å². The van der Waals surface area contributed by atoms with Crippen LogP contribution in [0.3, 0.4) is 0 Å². The molecular weight excluding hydrogens is 294 g/mol. The van der Waals surface area contributed by atoms with Crippen LogP contribution in [0.15, 0.2) is 5.38 Å². The van der Waals surface area contributed by atoms with Crippen LogP contribution in [0.2, 0.25) is 0 Å². The normalized spacial score (nSPS) is 18.8. The van der Waals surface area contributed by atoms with Gasteiger partial charge in [0, 0.05) is 24.7 Å². The van der Waals surface area contributed by atoms with Crippen molar-refractivity contribution in [3.63, 3.8) is 0 Å². The van der Waals surface area contributed by atoms with E-state index in [2.05, 4.69) is 14.7 Å². The maximum absolute atomic E-state index is 12.0. The molecule has 0 aliphatic carbocycles. The zero-order valence-corrected chi connectivity index (χ0v) is 12.8. The van der Waals surface area contributed by atoms with Gasteiger partial charge >= 0.3 is 0 Å². The molecule has 1 amide bonds. The SMILES string of the molecule is Cc1csc(-c2c(N)nsc2NC2CCN(C)C2=O)n1. The smallest absolute Gasteiger partial charge is 0.244 e. The van der Waals surface area contributed by atoms with Crippen LogP contribution in [0, 0.1) is 6.92 Å². The Bertz CT molecular complexity index is 650. The van der Waals surface area contributed by atoms with Crippen molar-refractivity contribution in [2.24, 2.45) is 0 Å². The number of hydrogen-bond donors (Lipinski definition) is 2. The van der Waals surface area contributed by atoms with Crippen molar-refractivity contribution < 1.29 is 4.79 Å². The van der Waals surface area contributed by atoms with E-state index in [4.69, 9.17) is 5.73 Å². The number of thiazole rings is 1. The van der Waals surface area contributed by atoms with Crippen molar-refractivity contribution in [2.75, 3.05) is 24.6 Å². The number of likely N-dealkylation sites (tertiary alicyclic amines) is 1. The minimum Gasteiger partial charge on any atom is -0.382 e. The molecular formula is C12H15N5OS2. The summed E-state index contributed by atoms with van der Waals surface area (Å²) in [4.78, 5) is 18.2. The van der Waals surface area contributed by atoms with Gasteiger partial charge in [-0.3, -0.25) is 4.79 Å². The van der Waals surface area contributed by atoms with Crippen LogP contribution in [-0.4, -0.2) is 39.8 Å². The van der Waals surface area contributed by atoms with Crippen molar-refractivity contribution in [2.45, 2.75) is 19.4 Å². The van der Waals surface area contributed by atoms with Crippen LogP contribution in [0.25, 0.3) is 10.6 Å². The summed E-state index contributed by atoms with van der Waals surface area (Å²) in [5.41, 5.74) is 7.72. The second-order valence-corrected chi connectivity index (χ2v) is 6.44. The number of nitrogens with two attached hydrogens (primary N) is 1. The molecule has 0 radical (unpaired) electrons. The highest BCUT2D eigenvalue weighted by Crippen LogP contribution is 2.39. The Kier molecular flexibility index (Phi) is 3.35. The first kappa shape index (κ1) is 13.3. The van der Waals surface area contributed by atoms with Gasteiger partial charge in [0.2, 0.25) is 5.91 Å². The molecule has 1 saturated heterocycles. The molecule has 1 fully saturated rings. The molecule has 1 atom stereocenters. The van der Waals surface area contributed by atoms with E-state index in [0.717, 1.165) is 34.2 Å². The van der Waals surface area contributed by atoms with Gasteiger partial charge in [-0.25, -0.2) is 4.98 Å². The molecule has 8 heteroatoms. The molecule has 0 spiro atoms. The predicted octanol–water partition coefficient (Wildman–Crippen LogP) is 1.80. The monoisotopic (exact) mass is 309 g/mol. The molecule has 0 bridgehead atoms. The lowest BCUT2D eigenvalue weighted by Crippen LogP contribution is -2.30. The number of anilines is 2. The quantitative estimate of drug-likeness (QED) is 0.903. The lowest BCUT2D eigenvalue weighted by Gasteiger charge is -2.12. The van der Waals surface area contributed by atoms with Gasteiger partial charge in [-0.15, -0.1) is 11.3 Å². The van der Waals surface area contributed by atoms with E-state index in [1.807, 2.05) is 19.4 Å². The summed E-state index contributed by atoms with van der Waals surface area (Å²) < 4.78 is 4.19. The Labute approximate surface area is 124 Å². The van der Waals surface area contributed by atoms with Gasteiger partial charge in [-0.1, -0.05) is 0 Å². The fourth-order valence-corrected chi connectivity index (χ4v) is 3.88. The molecule has 106 valence electrons. The first-order valence-electron chi connectivity index (χ1n) is 6.25. The third kappa shape index (κ3) is 2.25. The van der Waals surface area contributed by atoms with E-state index in [9.17, 15) is 4.79 Å². The topological polar surface area (TPSA) is 84.1 Å². The van der Waals surface area contributed by atoms with E-state index >= 15 is 0 Å². The first-order chi connectivity index (χ1) is 9.56. The average molecular weight is 309 g/mol. The number of likely N-dealkylation sites (N-methyl/N-ethyl adjacent to an activating group) is 1. The van der Waals surface area contributed by atoms with Crippen LogP contribution in [0.5, 0.6) is 0 Å². The Balaban J connectivity index is 1.90. The molecule has 6 nitrogen and oxygen atoms in total. The first-order valence-corrected chi connectivity index (χ1v) is 7.90. The van der Waals surface area contributed by atoms with Crippen LogP contribution in [0.4, 0.5) is 10.8 Å². The predicted molar refractivity (Wildman–Crippen MR) is 82.0 cm³/mol. The zero-order valence-electron chi connectivity index (χ0n) is 11.2. The minimum absolute atomic E-state index is 0.109. The zero-order chi connectivity index (χ0) is 14.3. The maximum Gasteiger partial charge on any atom is 0.244 e. The summed E-state index contributed by atoms with van der Waals surface area (Å²) in [6.45, 7) is 2.72. The Hall–Kier alpha value is -1.67. The second-order valence-electron chi connectivity index (χ2n) is 4.81. The van der Waals surface area contributed by atoms with Gasteiger partial charge in [0.05, 0.1) is 5.56 Å². The second kappa shape index (κ2) is 5.02. The molecule has 1 aliphatic heterocycles. The minimum atomic E-state index is -0.195. The van der Waals surface area contributed by atoms with Crippen molar-refractivity contribution in [3.05, 3.63) is 11.1 Å². The number of aromatic nitrogens is 2. The molecule has 1 aliphatic rings. The van der Waals surface area contributed by atoms with Gasteiger partial charge in [-0.05, 0) is 24.9 Å². The Morgan fingerprint density at radius 2 is 2.35 bits per heavy atom. The molecule has 1 unspecified atom stereocenters. The van der Waals surface area contributed by atoms with Gasteiger partial charge < -0.3 is 16.0 Å². The fourth-order valence-electron chi connectivity index (χ4n) is 2.19. The molecule has 3 N–H and O–H groups in total. The summed E-state index contributed by atoms with van der Waals surface area (Å²) in [5.74, 6) is 0.573. The van der Waals surface area contributed by atoms with Gasteiger partial charge in [0.15, 0.2) is 0 Å². The number of nitrogens with one attached hydrogen (secondary N) is 1. The Morgan fingerprint density at radius 3 is 2.95 bits per heavy atom. The van der Waals surface area contributed by atoms with E-state index < -0.39 is 0 Å². The molecule has 3 rings (SSSR count). The highest BCUT2D eigenvalue weighted by atomic mass is 32.1. The summed E-state index contributed by atoms with van der Waals surface area (Å²) in [6.07, 6.45) is 0.795. The maximum atomic E-state index is 12.0. The van der Waals surface area contributed by atoms with Crippen LogP contribution in [-0.2, 0) is 4.79 Å². The number of hydrogen-bond acceptors (Lipinski definition) is 7. The third-order valence-electron chi connectivity index (χ3n) is 3.28. The molecule has 20 heavy (non-hydrogen) atoms. The molecule has 2 aromatic heterocycles. The lowest BCUT2D eigenvalue weighted by molar-refractivity contribution is -0.127. The third-order valence-corrected chi connectivity index (χ3v) is 5.05. The largest absolute Gasteiger partial charge is 0.382 e. The lowest BCUT2D eigenvalue weighted by atomic mass is 10.2. The number of carbonyl (C=O) groups excluding carboxylic acids is 1. The standard InChI is InChI=1S/C12H15N5OS2/c1-6-5-19-10(14-6)8-9(13)16-20-11(8)15-7-3-4-17(2)12(7)18/h5,7,15H,3-4H2,1-2H3,(H2,13,16). The number of amides is 1. The number of nitrogen functional groups attached to an aromatic ring is 1. The van der Waals surface area contributed by atoms with Crippen molar-refractivity contribution in [1.29, 1.82) is 0 Å². The highest BCUT2D eigenvalue weighted by Gasteiger charge is 2.30. The molecule has 0 aromatic carbocycles. The van der Waals surface area contributed by atoms with Crippen molar-refractivity contribution in [1.82, 2.24) is 14.3 Å². The fraction of sp³-hybridized carbons (Fsp3) is 0.417. The summed E-state index contributed by atoms with van der Waals surface area (Å²) >= 11 is 2.82. The van der Waals surface area contributed by atoms with Gasteiger partial charge in [0.1, 0.15) is 21.9 Å². The van der Waals surface area contributed by atoms with E-state index in [1.165, 1.54) is 22.9 Å². The van der Waals surface area contributed by atoms with E-state index in [1.54, 1.807) is 4.90 Å². The van der Waals surface area contributed by atoms with Gasteiger partial charge in [-0.2, -0.15) is 4.37 Å². The highest BCUT2D eigenvalue weighted by molar-refractivity contribution is 7.15. The summed E-state index contributed by atoms with van der Waals surface area (Å²) in [6, 6.07) is -0.195. The molecule has 0 saturated carbocycles.